The summed E-state index contributed by atoms with van der Waals surface area (Å²) in [6, 6.07) is 6.02. The minimum absolute atomic E-state index is 0.274. The largest absolute Gasteiger partial charge is 0.493 e. The molecule has 2 aliphatic rings. The van der Waals surface area contributed by atoms with Gasteiger partial charge >= 0.3 is 0 Å². The molecule has 2 nitrogen and oxygen atoms in total. The molecule has 1 N–H and O–H groups in total. The van der Waals surface area contributed by atoms with Gasteiger partial charge in [-0.3, -0.25) is 0 Å². The van der Waals surface area contributed by atoms with Gasteiger partial charge in [0, 0.05) is 5.56 Å². The van der Waals surface area contributed by atoms with Crippen LogP contribution >= 0.6 is 0 Å². The Labute approximate surface area is 89.9 Å². The van der Waals surface area contributed by atoms with E-state index in [1.54, 1.807) is 0 Å². The summed E-state index contributed by atoms with van der Waals surface area (Å²) >= 11 is 0. The van der Waals surface area contributed by atoms with Crippen molar-refractivity contribution in [3.8, 4) is 5.75 Å². The summed E-state index contributed by atoms with van der Waals surface area (Å²) in [6.45, 7) is 0.854. The van der Waals surface area contributed by atoms with Crippen LogP contribution < -0.4 is 4.74 Å². The second-order valence-corrected chi connectivity index (χ2v) is 4.63. The van der Waals surface area contributed by atoms with Gasteiger partial charge in [0.05, 0.1) is 12.7 Å². The average molecular weight is 204 g/mol. The Morgan fingerprint density at radius 2 is 2.13 bits per heavy atom. The molecule has 1 aromatic carbocycles. The Morgan fingerprint density at radius 3 is 2.93 bits per heavy atom. The van der Waals surface area contributed by atoms with Crippen molar-refractivity contribution >= 4 is 0 Å². The molecule has 1 aromatic rings. The fourth-order valence-corrected chi connectivity index (χ4v) is 2.23. The summed E-state index contributed by atoms with van der Waals surface area (Å²) in [6.07, 6.45) is 4.16. The standard InChI is InChI=1S/C13H16O2/c14-12-7-6-11-10(12)2-1-3-13(11)15-8-9-4-5-9/h1-3,9,12,14H,4-8H2/t12-/m1/s1. The molecule has 2 aliphatic carbocycles. The third-order valence-electron chi connectivity index (χ3n) is 3.37. The van der Waals surface area contributed by atoms with Crippen LogP contribution in [0.2, 0.25) is 0 Å². The molecule has 1 atom stereocenters. The number of aliphatic hydroxyl groups excluding tert-OH is 1. The van der Waals surface area contributed by atoms with Crippen molar-refractivity contribution in [2.75, 3.05) is 6.61 Å². The van der Waals surface area contributed by atoms with E-state index in [-0.39, 0.29) is 6.10 Å². The van der Waals surface area contributed by atoms with Gasteiger partial charge in [0.15, 0.2) is 0 Å². The molecule has 0 amide bonds. The molecular formula is C13H16O2. The Balaban J connectivity index is 1.81. The van der Waals surface area contributed by atoms with Crippen LogP contribution in [-0.2, 0) is 6.42 Å². The van der Waals surface area contributed by atoms with Gasteiger partial charge in [0.2, 0.25) is 0 Å². The van der Waals surface area contributed by atoms with E-state index in [0.29, 0.717) is 0 Å². The third-order valence-corrected chi connectivity index (χ3v) is 3.37. The predicted octanol–water partition coefficient (Wildman–Crippen LogP) is 2.46. The highest BCUT2D eigenvalue weighted by molar-refractivity contribution is 5.44. The van der Waals surface area contributed by atoms with E-state index in [1.807, 2.05) is 18.2 Å². The normalized spacial score (nSPS) is 23.9. The molecule has 0 unspecified atom stereocenters. The molecule has 0 aromatic heterocycles. The lowest BCUT2D eigenvalue weighted by Gasteiger charge is -2.10. The van der Waals surface area contributed by atoms with Crippen molar-refractivity contribution in [2.45, 2.75) is 31.8 Å². The Kier molecular flexibility index (Phi) is 2.17. The lowest BCUT2D eigenvalue weighted by molar-refractivity contribution is 0.180. The number of rotatable bonds is 3. The van der Waals surface area contributed by atoms with Gasteiger partial charge in [-0.05, 0) is 43.2 Å². The van der Waals surface area contributed by atoms with Gasteiger partial charge in [-0.2, -0.15) is 0 Å². The van der Waals surface area contributed by atoms with Crippen molar-refractivity contribution in [3.63, 3.8) is 0 Å². The number of hydrogen-bond donors (Lipinski definition) is 1. The fraction of sp³-hybridized carbons (Fsp3) is 0.538. The van der Waals surface area contributed by atoms with Crippen molar-refractivity contribution < 1.29 is 9.84 Å². The minimum Gasteiger partial charge on any atom is -0.493 e. The van der Waals surface area contributed by atoms with E-state index in [4.69, 9.17) is 4.74 Å². The first-order chi connectivity index (χ1) is 7.34. The maximum Gasteiger partial charge on any atom is 0.122 e. The van der Waals surface area contributed by atoms with Crippen LogP contribution in [0, 0.1) is 5.92 Å². The number of benzene rings is 1. The molecule has 0 bridgehead atoms. The average Bonchev–Trinajstić information content (AvgIpc) is 3.01. The fourth-order valence-electron chi connectivity index (χ4n) is 2.23. The van der Waals surface area contributed by atoms with Crippen molar-refractivity contribution in [1.82, 2.24) is 0 Å². The van der Waals surface area contributed by atoms with Crippen LogP contribution in [-0.4, -0.2) is 11.7 Å². The lowest BCUT2D eigenvalue weighted by atomic mass is 10.1. The third kappa shape index (κ3) is 1.74. The molecular weight excluding hydrogens is 188 g/mol. The Bertz CT molecular complexity index is 369. The Morgan fingerprint density at radius 1 is 1.27 bits per heavy atom. The van der Waals surface area contributed by atoms with Crippen LogP contribution in [0.3, 0.4) is 0 Å². The van der Waals surface area contributed by atoms with E-state index in [2.05, 4.69) is 0 Å². The molecule has 0 heterocycles. The van der Waals surface area contributed by atoms with E-state index in [1.165, 1.54) is 18.4 Å². The van der Waals surface area contributed by atoms with Crippen molar-refractivity contribution in [1.29, 1.82) is 0 Å². The number of fused-ring (bicyclic) bond motifs is 1. The van der Waals surface area contributed by atoms with Crippen LogP contribution in [0.4, 0.5) is 0 Å². The maximum atomic E-state index is 9.74. The number of aliphatic hydroxyl groups is 1. The van der Waals surface area contributed by atoms with E-state index < -0.39 is 0 Å². The highest BCUT2D eigenvalue weighted by atomic mass is 16.5. The van der Waals surface area contributed by atoms with Gasteiger partial charge < -0.3 is 9.84 Å². The predicted molar refractivity (Wildman–Crippen MR) is 57.9 cm³/mol. The molecule has 0 radical (unpaired) electrons. The van der Waals surface area contributed by atoms with Gasteiger partial charge in [-0.25, -0.2) is 0 Å². The molecule has 0 spiro atoms. The molecule has 1 fully saturated rings. The summed E-state index contributed by atoms with van der Waals surface area (Å²) in [5, 5.41) is 9.74. The number of ether oxygens (including phenoxy) is 1. The van der Waals surface area contributed by atoms with E-state index in [9.17, 15) is 5.11 Å². The smallest absolute Gasteiger partial charge is 0.122 e. The topological polar surface area (TPSA) is 29.5 Å². The maximum absolute atomic E-state index is 9.74. The van der Waals surface area contributed by atoms with Crippen molar-refractivity contribution in [3.05, 3.63) is 29.3 Å². The second kappa shape index (κ2) is 3.53. The van der Waals surface area contributed by atoms with Gasteiger partial charge in [0.1, 0.15) is 5.75 Å². The van der Waals surface area contributed by atoms with Crippen LogP contribution in [0.5, 0.6) is 5.75 Å². The first-order valence-corrected chi connectivity index (χ1v) is 5.77. The van der Waals surface area contributed by atoms with Crippen molar-refractivity contribution in [2.24, 2.45) is 5.92 Å². The molecule has 15 heavy (non-hydrogen) atoms. The highest BCUT2D eigenvalue weighted by Crippen LogP contribution is 2.37. The summed E-state index contributed by atoms with van der Waals surface area (Å²) in [7, 11) is 0. The first-order valence-electron chi connectivity index (χ1n) is 5.77. The lowest BCUT2D eigenvalue weighted by Crippen LogP contribution is -2.01. The summed E-state index contributed by atoms with van der Waals surface area (Å²) < 4.78 is 5.81. The summed E-state index contributed by atoms with van der Waals surface area (Å²) in [5.74, 6) is 1.78. The van der Waals surface area contributed by atoms with E-state index in [0.717, 1.165) is 36.7 Å². The molecule has 80 valence electrons. The number of hydrogen-bond acceptors (Lipinski definition) is 2. The summed E-state index contributed by atoms with van der Waals surface area (Å²) in [4.78, 5) is 0. The van der Waals surface area contributed by atoms with Gasteiger partial charge in [-0.15, -0.1) is 0 Å². The quantitative estimate of drug-likeness (QED) is 0.819. The zero-order chi connectivity index (χ0) is 10.3. The Hall–Kier alpha value is -1.02. The second-order valence-electron chi connectivity index (χ2n) is 4.63. The highest BCUT2D eigenvalue weighted by Gasteiger charge is 2.25. The zero-order valence-electron chi connectivity index (χ0n) is 8.78. The van der Waals surface area contributed by atoms with Gasteiger partial charge in [0.25, 0.3) is 0 Å². The molecule has 3 rings (SSSR count). The molecule has 0 saturated heterocycles. The van der Waals surface area contributed by atoms with Crippen LogP contribution in [0.25, 0.3) is 0 Å². The molecule has 0 aliphatic heterocycles. The first kappa shape index (κ1) is 9.22. The monoisotopic (exact) mass is 204 g/mol. The van der Waals surface area contributed by atoms with E-state index >= 15 is 0 Å². The molecule has 2 heteroatoms. The molecule has 1 saturated carbocycles. The zero-order valence-corrected chi connectivity index (χ0v) is 8.78. The van der Waals surface area contributed by atoms with Gasteiger partial charge in [-0.1, -0.05) is 12.1 Å². The SMILES string of the molecule is O[C@@H]1CCc2c(OCC3CC3)cccc21. The minimum atomic E-state index is -0.274. The van der Waals surface area contributed by atoms with Crippen LogP contribution in [0.15, 0.2) is 18.2 Å². The van der Waals surface area contributed by atoms with Crippen LogP contribution in [0.1, 0.15) is 36.5 Å². The summed E-state index contributed by atoms with van der Waals surface area (Å²) in [5.41, 5.74) is 2.30.